The van der Waals surface area contributed by atoms with Gasteiger partial charge in [0.2, 0.25) is 0 Å². The molecule has 20 heavy (non-hydrogen) atoms. The number of nitrogens with zero attached hydrogens (tertiary/aromatic N) is 4. The number of hydrogen-bond donors (Lipinski definition) is 0. The second-order valence-corrected chi connectivity index (χ2v) is 5.03. The first-order chi connectivity index (χ1) is 9.20. The number of aromatic nitrogens is 4. The molecule has 104 valence electrons. The molecule has 0 bridgehead atoms. The van der Waals surface area contributed by atoms with Gasteiger partial charge >= 0.3 is 35.2 Å². The van der Waals surface area contributed by atoms with Crippen molar-refractivity contribution in [3.63, 3.8) is 0 Å². The van der Waals surface area contributed by atoms with Crippen LogP contribution in [0.15, 0.2) is 11.1 Å². The minimum atomic E-state index is -0.0556. The fraction of sp³-hybridized carbons (Fsp3) is 0.615. The van der Waals surface area contributed by atoms with Gasteiger partial charge in [-0.05, 0) is 12.8 Å². The van der Waals surface area contributed by atoms with Gasteiger partial charge in [-0.3, -0.25) is 9.13 Å². The first-order valence-corrected chi connectivity index (χ1v) is 7.22. The van der Waals surface area contributed by atoms with Crippen molar-refractivity contribution in [2.24, 2.45) is 0 Å². The van der Waals surface area contributed by atoms with Crippen molar-refractivity contribution in [3.8, 4) is 0 Å². The number of fused-ring (bicyclic) bond motifs is 1. The van der Waals surface area contributed by atoms with Crippen LogP contribution in [0.25, 0.3) is 11.2 Å². The molecule has 0 spiro atoms. The second kappa shape index (κ2) is 8.12. The largest absolute Gasteiger partial charge is 1.00 e. The molecule has 0 radical (unpaired) electrons. The van der Waals surface area contributed by atoms with Crippen LogP contribution >= 0.6 is 12.2 Å². The van der Waals surface area contributed by atoms with Crippen LogP contribution < -0.4 is 40.2 Å². The summed E-state index contributed by atoms with van der Waals surface area (Å²) in [6, 6.07) is 0. The zero-order chi connectivity index (χ0) is 13.8. The maximum absolute atomic E-state index is 12.5. The van der Waals surface area contributed by atoms with Crippen LogP contribution in [-0.2, 0) is 13.1 Å². The van der Waals surface area contributed by atoms with Crippen molar-refractivity contribution in [2.75, 3.05) is 0 Å². The first-order valence-electron chi connectivity index (χ1n) is 6.81. The monoisotopic (exact) mass is 302 g/mol. The van der Waals surface area contributed by atoms with E-state index in [2.05, 4.69) is 23.8 Å². The summed E-state index contributed by atoms with van der Waals surface area (Å²) >= 11 is 5.37. The molecular formula is C13H19N4NaOS. The fourth-order valence-electron chi connectivity index (χ4n) is 2.09. The maximum Gasteiger partial charge on any atom is 1.00 e. The van der Waals surface area contributed by atoms with Gasteiger partial charge in [0.1, 0.15) is 4.64 Å². The summed E-state index contributed by atoms with van der Waals surface area (Å²) in [5.74, 6) is 0. The molecule has 5 nitrogen and oxygen atoms in total. The van der Waals surface area contributed by atoms with E-state index in [1.165, 1.54) is 6.33 Å². The molecule has 0 aliphatic carbocycles. The normalized spacial score (nSPS) is 10.7. The number of imidazole rings is 1. The Morgan fingerprint density at radius 2 is 1.80 bits per heavy atom. The summed E-state index contributed by atoms with van der Waals surface area (Å²) in [6.45, 7) is 5.53. The van der Waals surface area contributed by atoms with Gasteiger partial charge in [-0.2, -0.15) is 0 Å². The summed E-state index contributed by atoms with van der Waals surface area (Å²) in [4.78, 5) is 20.9. The Morgan fingerprint density at radius 3 is 2.40 bits per heavy atom. The Balaban J connectivity index is 0.00000200. The fourth-order valence-corrected chi connectivity index (χ4v) is 2.40. The molecule has 0 N–H and O–H groups in total. The quantitative estimate of drug-likeness (QED) is 0.533. The molecular weight excluding hydrogens is 283 g/mol. The average Bonchev–Trinajstić information content (AvgIpc) is 2.88. The minimum absolute atomic E-state index is 0. The zero-order valence-corrected chi connectivity index (χ0v) is 15.2. The minimum Gasteiger partial charge on any atom is -0.439 e. The topological polar surface area (TPSA) is 53.9 Å². The van der Waals surface area contributed by atoms with E-state index in [-0.39, 0.29) is 35.2 Å². The van der Waals surface area contributed by atoms with E-state index in [1.807, 2.05) is 0 Å². The van der Waals surface area contributed by atoms with E-state index in [4.69, 9.17) is 12.2 Å². The van der Waals surface area contributed by atoms with Crippen LogP contribution in [0.1, 0.15) is 39.5 Å². The Kier molecular flexibility index (Phi) is 7.15. The van der Waals surface area contributed by atoms with E-state index in [0.717, 1.165) is 25.7 Å². The third kappa shape index (κ3) is 3.42. The second-order valence-electron chi connectivity index (χ2n) is 4.64. The molecule has 0 amide bonds. The smallest absolute Gasteiger partial charge is 0.439 e. The Hall–Kier alpha value is -0.430. The number of rotatable bonds is 6. The van der Waals surface area contributed by atoms with E-state index in [0.29, 0.717) is 28.9 Å². The van der Waals surface area contributed by atoms with Crippen LogP contribution in [0.2, 0.25) is 0 Å². The SMILES string of the molecule is CCCCn1c(=S)c2[n-]cnc2n(CCCC)c1=O.[Na+]. The maximum atomic E-state index is 12.5. The van der Waals surface area contributed by atoms with Crippen LogP contribution in [0.5, 0.6) is 0 Å². The van der Waals surface area contributed by atoms with Gasteiger partial charge in [-0.1, -0.05) is 45.2 Å². The molecule has 2 aromatic rings. The van der Waals surface area contributed by atoms with Crippen molar-refractivity contribution in [1.82, 2.24) is 19.1 Å². The molecule has 0 atom stereocenters. The summed E-state index contributed by atoms with van der Waals surface area (Å²) in [5, 5.41) is 0. The molecule has 2 heterocycles. The number of unbranched alkanes of at least 4 members (excludes halogenated alkanes) is 2. The van der Waals surface area contributed by atoms with Gasteiger partial charge in [0.05, 0.1) is 0 Å². The van der Waals surface area contributed by atoms with E-state index in [1.54, 1.807) is 9.13 Å². The summed E-state index contributed by atoms with van der Waals surface area (Å²) in [6.07, 6.45) is 5.43. The zero-order valence-electron chi connectivity index (χ0n) is 12.4. The molecule has 0 fully saturated rings. The van der Waals surface area contributed by atoms with Crippen LogP contribution in [0, 0.1) is 4.64 Å². The van der Waals surface area contributed by atoms with Gasteiger partial charge in [-0.15, -0.1) is 0 Å². The van der Waals surface area contributed by atoms with Gasteiger partial charge in [-0.25, -0.2) is 4.79 Å². The van der Waals surface area contributed by atoms with Crippen molar-refractivity contribution >= 4 is 23.4 Å². The predicted molar refractivity (Wildman–Crippen MR) is 78.0 cm³/mol. The van der Waals surface area contributed by atoms with E-state index >= 15 is 0 Å². The molecule has 0 saturated carbocycles. The van der Waals surface area contributed by atoms with Crippen molar-refractivity contribution < 1.29 is 29.6 Å². The molecule has 0 aliphatic rings. The van der Waals surface area contributed by atoms with Gasteiger partial charge in [0, 0.05) is 24.3 Å². The van der Waals surface area contributed by atoms with Crippen LogP contribution in [0.4, 0.5) is 0 Å². The molecule has 2 rings (SSSR count). The molecule has 0 aliphatic heterocycles. The molecule has 2 aromatic heterocycles. The van der Waals surface area contributed by atoms with Gasteiger partial charge in [0.25, 0.3) is 0 Å². The van der Waals surface area contributed by atoms with Crippen LogP contribution in [-0.4, -0.2) is 14.1 Å². The van der Waals surface area contributed by atoms with E-state index in [9.17, 15) is 4.79 Å². The Labute approximate surface area is 145 Å². The Bertz CT molecular complexity index is 673. The molecule has 7 heteroatoms. The summed E-state index contributed by atoms with van der Waals surface area (Å²) in [5.41, 5.74) is 1.23. The average molecular weight is 302 g/mol. The van der Waals surface area contributed by atoms with Crippen molar-refractivity contribution in [2.45, 2.75) is 52.6 Å². The number of hydrogen-bond acceptors (Lipinski definition) is 3. The van der Waals surface area contributed by atoms with Crippen LogP contribution in [0.3, 0.4) is 0 Å². The molecule has 0 unspecified atom stereocenters. The third-order valence-corrected chi connectivity index (χ3v) is 3.63. The molecule has 0 saturated heterocycles. The van der Waals surface area contributed by atoms with Gasteiger partial charge in [0.15, 0.2) is 0 Å². The standard InChI is InChI=1S/C13H20N4OS.Na/c1-3-5-7-16-11-10(14-9-15-11)12(19)17(13(16)18)8-6-4-2;/h9H,3-8H2,1-2H3,(H,14,15,19);/q;+1/p-1. The predicted octanol–water partition coefficient (Wildman–Crippen LogP) is -0.511. The molecule has 0 aromatic carbocycles. The summed E-state index contributed by atoms with van der Waals surface area (Å²) < 4.78 is 3.88. The van der Waals surface area contributed by atoms with Crippen molar-refractivity contribution in [1.29, 1.82) is 0 Å². The summed E-state index contributed by atoms with van der Waals surface area (Å²) in [7, 11) is 0. The Morgan fingerprint density at radius 1 is 1.20 bits per heavy atom. The van der Waals surface area contributed by atoms with Crippen molar-refractivity contribution in [3.05, 3.63) is 21.5 Å². The number of aryl methyl sites for hydroxylation is 1. The van der Waals surface area contributed by atoms with Gasteiger partial charge < -0.3 is 9.97 Å². The van der Waals surface area contributed by atoms with E-state index < -0.39 is 0 Å². The first kappa shape index (κ1) is 17.6. The third-order valence-electron chi connectivity index (χ3n) is 3.21.